The van der Waals surface area contributed by atoms with Crippen molar-refractivity contribution < 1.29 is 9.59 Å². The summed E-state index contributed by atoms with van der Waals surface area (Å²) in [5, 5.41) is 3.33. The zero-order valence-corrected chi connectivity index (χ0v) is 16.6. The van der Waals surface area contributed by atoms with Crippen molar-refractivity contribution in [3.8, 4) is 0 Å². The topological polar surface area (TPSA) is 75.4 Å². The summed E-state index contributed by atoms with van der Waals surface area (Å²) in [6.07, 6.45) is 6.12. The van der Waals surface area contributed by atoms with Crippen molar-refractivity contribution in [2.75, 3.05) is 11.6 Å². The number of thioether (sulfide) groups is 1. The first kappa shape index (κ1) is 19.0. The molecule has 142 valence electrons. The molecule has 3 atom stereocenters. The molecule has 0 radical (unpaired) electrons. The molecule has 3 unspecified atom stereocenters. The van der Waals surface area contributed by atoms with Gasteiger partial charge in [0, 0.05) is 24.3 Å². The van der Waals surface area contributed by atoms with Gasteiger partial charge in [0.05, 0.1) is 5.88 Å². The summed E-state index contributed by atoms with van der Waals surface area (Å²) in [4.78, 5) is 27.4. The summed E-state index contributed by atoms with van der Waals surface area (Å²) in [5.74, 6) is 2.52. The zero-order chi connectivity index (χ0) is 18.2. The second-order valence-corrected chi connectivity index (χ2v) is 10.3. The average molecular weight is 368 g/mol. The molecule has 0 aromatic rings. The van der Waals surface area contributed by atoms with Gasteiger partial charge in [-0.25, -0.2) is 0 Å². The number of nitrogens with zero attached hydrogens (tertiary/aromatic N) is 1. The van der Waals surface area contributed by atoms with E-state index in [0.29, 0.717) is 29.9 Å². The predicted molar refractivity (Wildman–Crippen MR) is 102 cm³/mol. The summed E-state index contributed by atoms with van der Waals surface area (Å²) in [6.45, 7) is 6.20. The van der Waals surface area contributed by atoms with E-state index < -0.39 is 0 Å². The molecule has 5 nitrogen and oxygen atoms in total. The molecule has 1 aliphatic heterocycles. The van der Waals surface area contributed by atoms with Crippen molar-refractivity contribution in [1.82, 2.24) is 10.2 Å². The largest absolute Gasteiger partial charge is 0.351 e. The molecule has 3 N–H and O–H groups in total. The van der Waals surface area contributed by atoms with E-state index in [1.165, 1.54) is 19.3 Å². The summed E-state index contributed by atoms with van der Waals surface area (Å²) in [5.41, 5.74) is 6.14. The van der Waals surface area contributed by atoms with E-state index in [1.807, 2.05) is 0 Å². The van der Waals surface area contributed by atoms with Crippen LogP contribution in [-0.2, 0) is 9.59 Å². The molecule has 2 bridgehead atoms. The highest BCUT2D eigenvalue weighted by molar-refractivity contribution is 7.99. The van der Waals surface area contributed by atoms with E-state index in [9.17, 15) is 9.59 Å². The first-order chi connectivity index (χ1) is 11.7. The maximum absolute atomic E-state index is 13.0. The standard InChI is InChI=1S/C19H33N3O2S/c1-19(2,3)9-16(23)22-11-25-10-15(22)18(24)21-17-12-5-4-6-13(17)8-14(20)7-12/h12-15,17H,4-11,20H2,1-3H3,(H,21,24). The molecule has 3 fully saturated rings. The molecule has 3 rings (SSSR count). The van der Waals surface area contributed by atoms with E-state index in [-0.39, 0.29) is 35.4 Å². The van der Waals surface area contributed by atoms with Gasteiger partial charge in [0.1, 0.15) is 6.04 Å². The SMILES string of the molecule is CC(C)(C)CC(=O)N1CSCC1C(=O)NC1C2CCCC1CC(N)C2. The van der Waals surface area contributed by atoms with Gasteiger partial charge in [0.25, 0.3) is 0 Å². The van der Waals surface area contributed by atoms with Crippen LogP contribution in [0.15, 0.2) is 0 Å². The molecule has 2 saturated carbocycles. The summed E-state index contributed by atoms with van der Waals surface area (Å²) in [6, 6.07) is 0.234. The molecule has 0 aromatic heterocycles. The smallest absolute Gasteiger partial charge is 0.243 e. The number of rotatable bonds is 3. The minimum absolute atomic E-state index is 0.0460. The first-order valence-corrected chi connectivity index (χ1v) is 10.8. The lowest BCUT2D eigenvalue weighted by molar-refractivity contribution is -0.140. The second kappa shape index (κ2) is 7.47. The van der Waals surface area contributed by atoms with Crippen molar-refractivity contribution in [3.63, 3.8) is 0 Å². The van der Waals surface area contributed by atoms with E-state index >= 15 is 0 Å². The van der Waals surface area contributed by atoms with Crippen LogP contribution in [0.3, 0.4) is 0 Å². The molecule has 25 heavy (non-hydrogen) atoms. The molecule has 2 aliphatic carbocycles. The lowest BCUT2D eigenvalue weighted by Gasteiger charge is -2.45. The quantitative estimate of drug-likeness (QED) is 0.803. The molecule has 2 amide bonds. The Balaban J connectivity index is 1.63. The molecule has 0 spiro atoms. The van der Waals surface area contributed by atoms with Crippen molar-refractivity contribution >= 4 is 23.6 Å². The summed E-state index contributed by atoms with van der Waals surface area (Å²) < 4.78 is 0. The van der Waals surface area contributed by atoms with Gasteiger partial charge >= 0.3 is 0 Å². The van der Waals surface area contributed by atoms with Crippen LogP contribution in [0.25, 0.3) is 0 Å². The van der Waals surface area contributed by atoms with Crippen LogP contribution < -0.4 is 11.1 Å². The fraction of sp³-hybridized carbons (Fsp3) is 0.895. The third-order valence-electron chi connectivity index (χ3n) is 5.87. The monoisotopic (exact) mass is 367 g/mol. The van der Waals surface area contributed by atoms with Crippen LogP contribution in [0.1, 0.15) is 59.3 Å². The maximum atomic E-state index is 13.0. The number of nitrogens with one attached hydrogen (secondary N) is 1. The van der Waals surface area contributed by atoms with Gasteiger partial charge in [0.2, 0.25) is 11.8 Å². The molecule has 0 aromatic carbocycles. The minimum atomic E-state index is -0.309. The van der Waals surface area contributed by atoms with Crippen LogP contribution in [0, 0.1) is 17.3 Å². The number of fused-ring (bicyclic) bond motifs is 2. The van der Waals surface area contributed by atoms with Crippen LogP contribution in [0.4, 0.5) is 0 Å². The first-order valence-electron chi connectivity index (χ1n) is 9.68. The molecule has 1 saturated heterocycles. The zero-order valence-electron chi connectivity index (χ0n) is 15.8. The van der Waals surface area contributed by atoms with E-state index in [1.54, 1.807) is 16.7 Å². The fourth-order valence-corrected chi connectivity index (χ4v) is 5.93. The van der Waals surface area contributed by atoms with Gasteiger partial charge in [-0.15, -0.1) is 11.8 Å². The molecule has 1 heterocycles. The van der Waals surface area contributed by atoms with Crippen molar-refractivity contribution in [3.05, 3.63) is 0 Å². The van der Waals surface area contributed by atoms with Crippen molar-refractivity contribution in [2.45, 2.75) is 77.4 Å². The number of nitrogens with two attached hydrogens (primary N) is 1. The molecular formula is C19H33N3O2S. The number of carbonyl (C=O) groups is 2. The Morgan fingerprint density at radius 2 is 1.84 bits per heavy atom. The highest BCUT2D eigenvalue weighted by Crippen LogP contribution is 2.40. The van der Waals surface area contributed by atoms with Crippen molar-refractivity contribution in [1.29, 1.82) is 0 Å². The number of carbonyl (C=O) groups excluding carboxylic acids is 2. The average Bonchev–Trinajstić information content (AvgIpc) is 2.96. The minimum Gasteiger partial charge on any atom is -0.351 e. The van der Waals surface area contributed by atoms with Gasteiger partial charge in [-0.2, -0.15) is 0 Å². The Morgan fingerprint density at radius 1 is 1.20 bits per heavy atom. The number of amides is 2. The molecule has 6 heteroatoms. The highest BCUT2D eigenvalue weighted by Gasteiger charge is 2.42. The lowest BCUT2D eigenvalue weighted by atomic mass is 9.67. The third kappa shape index (κ3) is 4.51. The second-order valence-electron chi connectivity index (χ2n) is 9.33. The summed E-state index contributed by atoms with van der Waals surface area (Å²) >= 11 is 1.68. The van der Waals surface area contributed by atoms with Crippen LogP contribution in [-0.4, -0.2) is 46.5 Å². The van der Waals surface area contributed by atoms with Gasteiger partial charge < -0.3 is 16.0 Å². The highest BCUT2D eigenvalue weighted by atomic mass is 32.2. The third-order valence-corrected chi connectivity index (χ3v) is 6.88. The van der Waals surface area contributed by atoms with Gasteiger partial charge in [-0.3, -0.25) is 9.59 Å². The van der Waals surface area contributed by atoms with E-state index in [2.05, 4.69) is 26.1 Å². The molecular weight excluding hydrogens is 334 g/mol. The Labute approximate surface area is 155 Å². The summed E-state index contributed by atoms with van der Waals surface area (Å²) in [7, 11) is 0. The van der Waals surface area contributed by atoms with E-state index in [4.69, 9.17) is 5.73 Å². The van der Waals surface area contributed by atoms with Crippen LogP contribution in [0.5, 0.6) is 0 Å². The van der Waals surface area contributed by atoms with E-state index in [0.717, 1.165) is 12.8 Å². The number of hydrogen-bond donors (Lipinski definition) is 2. The Kier molecular flexibility index (Phi) is 5.69. The van der Waals surface area contributed by atoms with Crippen LogP contribution >= 0.6 is 11.8 Å². The Morgan fingerprint density at radius 3 is 2.44 bits per heavy atom. The maximum Gasteiger partial charge on any atom is 0.243 e. The van der Waals surface area contributed by atoms with Crippen molar-refractivity contribution in [2.24, 2.45) is 23.0 Å². The van der Waals surface area contributed by atoms with Crippen LogP contribution in [0.2, 0.25) is 0 Å². The number of hydrogen-bond acceptors (Lipinski definition) is 4. The van der Waals surface area contributed by atoms with Gasteiger partial charge in [0.15, 0.2) is 0 Å². The Bertz CT molecular complexity index is 505. The molecule has 3 aliphatic rings. The van der Waals surface area contributed by atoms with Gasteiger partial charge in [-0.05, 0) is 42.9 Å². The normalized spacial score (nSPS) is 35.5. The predicted octanol–water partition coefficient (Wildman–Crippen LogP) is 2.35. The Hall–Kier alpha value is -0.750. The van der Waals surface area contributed by atoms with Gasteiger partial charge in [-0.1, -0.05) is 27.2 Å². The fourth-order valence-electron chi connectivity index (χ4n) is 4.75. The lowest BCUT2D eigenvalue weighted by Crippen LogP contribution is -2.57.